The Labute approximate surface area is 324 Å². The normalized spacial score (nSPS) is 13.8. The van der Waals surface area contributed by atoms with Gasteiger partial charge in [0, 0.05) is 33.9 Å². The third-order valence-corrected chi connectivity index (χ3v) is 11.4. The smallest absolute Gasteiger partial charge is 0.227 e. The van der Waals surface area contributed by atoms with E-state index in [4.69, 9.17) is 13.8 Å². The highest BCUT2D eigenvalue weighted by Crippen LogP contribution is 2.45. The Morgan fingerprint density at radius 3 is 1.96 bits per heavy atom. The number of hydrogen-bond donors (Lipinski definition) is 0. The van der Waals surface area contributed by atoms with Gasteiger partial charge in [-0.05, 0) is 125 Å². The molecule has 2 heterocycles. The number of anilines is 3. The SMILES string of the molecule is c1ccc(-c2nc3c(ccc4oc5ccc(-c6ccc(N(c7ccccc7)c7ccc8c(c7)CCC(c7ccccc7)c7ccccc7-8)cc6)cc5c43)o2)cc1. The second-order valence-corrected chi connectivity index (χ2v) is 14.6. The van der Waals surface area contributed by atoms with E-state index in [2.05, 4.69) is 150 Å². The van der Waals surface area contributed by atoms with Gasteiger partial charge in [-0.2, -0.15) is 0 Å². The molecule has 0 fully saturated rings. The van der Waals surface area contributed by atoms with Gasteiger partial charge in [0.2, 0.25) is 5.89 Å². The van der Waals surface area contributed by atoms with Crippen LogP contribution < -0.4 is 4.90 Å². The summed E-state index contributed by atoms with van der Waals surface area (Å²) >= 11 is 0. The van der Waals surface area contributed by atoms with Gasteiger partial charge in [-0.15, -0.1) is 0 Å². The molecule has 0 aliphatic heterocycles. The van der Waals surface area contributed by atoms with Crippen LogP contribution in [-0.4, -0.2) is 4.98 Å². The summed E-state index contributed by atoms with van der Waals surface area (Å²) in [4.78, 5) is 7.32. The number of nitrogens with zero attached hydrogens (tertiary/aromatic N) is 2. The zero-order chi connectivity index (χ0) is 37.0. The van der Waals surface area contributed by atoms with Crippen molar-refractivity contribution in [1.82, 2.24) is 4.98 Å². The van der Waals surface area contributed by atoms with Crippen molar-refractivity contribution in [2.75, 3.05) is 4.90 Å². The summed E-state index contributed by atoms with van der Waals surface area (Å²) in [6.45, 7) is 0. The number of rotatable bonds is 6. The van der Waals surface area contributed by atoms with Gasteiger partial charge in [-0.1, -0.05) is 115 Å². The van der Waals surface area contributed by atoms with Crippen LogP contribution in [0, 0.1) is 0 Å². The Balaban J connectivity index is 0.967. The molecule has 266 valence electrons. The van der Waals surface area contributed by atoms with Crippen molar-refractivity contribution in [2.24, 2.45) is 0 Å². The topological polar surface area (TPSA) is 42.4 Å². The van der Waals surface area contributed by atoms with E-state index in [-0.39, 0.29) is 0 Å². The molecule has 56 heavy (non-hydrogen) atoms. The highest BCUT2D eigenvalue weighted by atomic mass is 16.4. The van der Waals surface area contributed by atoms with E-state index in [9.17, 15) is 0 Å². The molecular weight excluding hydrogens is 685 g/mol. The quantitative estimate of drug-likeness (QED) is 0.171. The fourth-order valence-electron chi connectivity index (χ4n) is 8.69. The average molecular weight is 721 g/mol. The Kier molecular flexibility index (Phi) is 7.66. The molecule has 0 N–H and O–H groups in total. The van der Waals surface area contributed by atoms with Crippen LogP contribution in [0.25, 0.3) is 66.7 Å². The monoisotopic (exact) mass is 720 g/mol. The van der Waals surface area contributed by atoms with Crippen molar-refractivity contribution in [3.8, 4) is 33.7 Å². The minimum Gasteiger partial charge on any atom is -0.456 e. The molecule has 2 aromatic heterocycles. The molecule has 0 amide bonds. The van der Waals surface area contributed by atoms with E-state index in [0.29, 0.717) is 11.8 Å². The molecule has 4 nitrogen and oxygen atoms in total. The number of aryl methyl sites for hydroxylation is 1. The lowest BCUT2D eigenvalue weighted by atomic mass is 9.86. The molecule has 8 aromatic carbocycles. The van der Waals surface area contributed by atoms with E-state index in [0.717, 1.165) is 79.6 Å². The maximum Gasteiger partial charge on any atom is 0.227 e. The average Bonchev–Trinajstić information content (AvgIpc) is 3.83. The highest BCUT2D eigenvalue weighted by molar-refractivity contribution is 6.17. The van der Waals surface area contributed by atoms with Crippen LogP contribution in [0.2, 0.25) is 0 Å². The Hall–Kier alpha value is -7.17. The van der Waals surface area contributed by atoms with Crippen molar-refractivity contribution in [1.29, 1.82) is 0 Å². The van der Waals surface area contributed by atoms with E-state index >= 15 is 0 Å². The van der Waals surface area contributed by atoms with Gasteiger partial charge in [0.25, 0.3) is 0 Å². The molecule has 0 saturated heterocycles. The van der Waals surface area contributed by atoms with Gasteiger partial charge in [0.05, 0.1) is 5.39 Å². The number of fused-ring (bicyclic) bond motifs is 8. The first-order chi connectivity index (χ1) is 27.7. The second-order valence-electron chi connectivity index (χ2n) is 14.6. The molecule has 1 aliphatic rings. The minimum atomic E-state index is 0.356. The first-order valence-corrected chi connectivity index (χ1v) is 19.3. The van der Waals surface area contributed by atoms with Crippen molar-refractivity contribution in [3.05, 3.63) is 205 Å². The summed E-state index contributed by atoms with van der Waals surface area (Å²) < 4.78 is 12.5. The first kappa shape index (κ1) is 32.3. The van der Waals surface area contributed by atoms with Crippen molar-refractivity contribution in [3.63, 3.8) is 0 Å². The molecule has 1 unspecified atom stereocenters. The molecule has 4 heteroatoms. The summed E-state index contributed by atoms with van der Waals surface area (Å²) in [5, 5.41) is 1.99. The van der Waals surface area contributed by atoms with E-state index in [1.807, 2.05) is 42.5 Å². The maximum absolute atomic E-state index is 6.32. The number of hydrogen-bond acceptors (Lipinski definition) is 4. The van der Waals surface area contributed by atoms with Crippen molar-refractivity contribution in [2.45, 2.75) is 18.8 Å². The molecular formula is C52H36N2O2. The number of furan rings is 1. The number of benzene rings is 8. The van der Waals surface area contributed by atoms with Crippen LogP contribution >= 0.6 is 0 Å². The molecule has 0 spiro atoms. The summed E-state index contributed by atoms with van der Waals surface area (Å²) in [5.74, 6) is 0.960. The van der Waals surface area contributed by atoms with Crippen LogP contribution in [0.5, 0.6) is 0 Å². The number of aromatic nitrogens is 1. The number of para-hydroxylation sites is 1. The third-order valence-electron chi connectivity index (χ3n) is 11.4. The highest BCUT2D eigenvalue weighted by Gasteiger charge is 2.25. The van der Waals surface area contributed by atoms with Gasteiger partial charge >= 0.3 is 0 Å². The standard InChI is InChI=1S/C52H36N2O2/c1-4-12-35(13-5-1)42-27-22-38-32-41(26-28-43(38)45-19-11-10-18-44(42)45)54(39-16-8-3-9-17-39)40-24-20-34(21-25-40)37-23-29-47-46(33-37)50-48(55-47)30-31-49-51(50)53-52(56-49)36-14-6-2-7-15-36/h1-21,23-26,28-33,42H,22,27H2. The van der Waals surface area contributed by atoms with Crippen LogP contribution in [0.3, 0.4) is 0 Å². The van der Waals surface area contributed by atoms with Gasteiger partial charge in [-0.25, -0.2) is 4.98 Å². The fourth-order valence-corrected chi connectivity index (χ4v) is 8.69. The largest absolute Gasteiger partial charge is 0.456 e. The summed E-state index contributed by atoms with van der Waals surface area (Å²) in [6, 6.07) is 66.9. The van der Waals surface area contributed by atoms with Crippen molar-refractivity contribution >= 4 is 50.1 Å². The zero-order valence-corrected chi connectivity index (χ0v) is 30.6. The molecule has 0 bridgehead atoms. The van der Waals surface area contributed by atoms with Crippen LogP contribution in [0.1, 0.15) is 29.0 Å². The predicted octanol–water partition coefficient (Wildman–Crippen LogP) is 14.3. The third kappa shape index (κ3) is 5.49. The second kappa shape index (κ2) is 13.3. The van der Waals surface area contributed by atoms with E-state index in [1.165, 1.54) is 27.8 Å². The lowest BCUT2D eigenvalue weighted by Gasteiger charge is -2.27. The Morgan fingerprint density at radius 1 is 0.482 bits per heavy atom. The van der Waals surface area contributed by atoms with Gasteiger partial charge in [0.15, 0.2) is 5.58 Å². The maximum atomic E-state index is 6.32. The van der Waals surface area contributed by atoms with Crippen LogP contribution in [-0.2, 0) is 6.42 Å². The Bertz CT molecular complexity index is 3020. The molecule has 10 aromatic rings. The van der Waals surface area contributed by atoms with Gasteiger partial charge < -0.3 is 13.7 Å². The van der Waals surface area contributed by atoms with E-state index in [1.54, 1.807) is 0 Å². The Morgan fingerprint density at radius 2 is 1.14 bits per heavy atom. The summed E-state index contributed by atoms with van der Waals surface area (Å²) in [5.41, 5.74) is 16.6. The minimum absolute atomic E-state index is 0.356. The van der Waals surface area contributed by atoms with Gasteiger partial charge in [-0.3, -0.25) is 0 Å². The zero-order valence-electron chi connectivity index (χ0n) is 30.6. The molecule has 11 rings (SSSR count). The van der Waals surface area contributed by atoms with Crippen molar-refractivity contribution < 1.29 is 8.83 Å². The summed E-state index contributed by atoms with van der Waals surface area (Å²) in [6.07, 6.45) is 2.06. The molecule has 0 radical (unpaired) electrons. The van der Waals surface area contributed by atoms with Crippen LogP contribution in [0.15, 0.2) is 197 Å². The van der Waals surface area contributed by atoms with Crippen LogP contribution in [0.4, 0.5) is 17.1 Å². The number of oxazole rings is 1. The molecule has 1 atom stereocenters. The van der Waals surface area contributed by atoms with E-state index < -0.39 is 0 Å². The fraction of sp³-hybridized carbons (Fsp3) is 0.0577. The first-order valence-electron chi connectivity index (χ1n) is 19.3. The lowest BCUT2D eigenvalue weighted by Crippen LogP contribution is -2.10. The van der Waals surface area contributed by atoms with Gasteiger partial charge in [0.1, 0.15) is 16.7 Å². The molecule has 0 saturated carbocycles. The molecule has 1 aliphatic carbocycles. The predicted molar refractivity (Wildman–Crippen MR) is 229 cm³/mol. The lowest BCUT2D eigenvalue weighted by molar-refractivity contribution is 0.619. The summed E-state index contributed by atoms with van der Waals surface area (Å²) in [7, 11) is 0.